The molecule has 0 unspecified atom stereocenters. The molecule has 0 radical (unpaired) electrons. The number of aromatic nitrogens is 1. The fourth-order valence-corrected chi connectivity index (χ4v) is 1.59. The van der Waals surface area contributed by atoms with Crippen LogP contribution in [0, 0.1) is 31.1 Å². The Bertz CT molecular complexity index is 451. The molecule has 0 aliphatic carbocycles. The number of nitrogen functional groups attached to an aromatic ring is 1. The van der Waals surface area contributed by atoms with Crippen LogP contribution in [0.15, 0.2) is 24.4 Å². The maximum atomic E-state index is 9.62. The average Bonchev–Trinajstić information content (AvgIpc) is 2.56. The van der Waals surface area contributed by atoms with Crippen LogP contribution in [0.5, 0.6) is 5.75 Å². The molecule has 4 heteroatoms. The first-order valence-electron chi connectivity index (χ1n) is 4.30. The summed E-state index contributed by atoms with van der Waals surface area (Å²) in [7, 11) is 0. The molecule has 0 aliphatic heterocycles. The number of hydrogen-bond acceptors (Lipinski definition) is 2. The van der Waals surface area contributed by atoms with E-state index >= 15 is 0 Å². The Morgan fingerprint density at radius 3 is 2.71 bits per heavy atom. The number of hydrogen-bond donors (Lipinski definition) is 2. The maximum Gasteiger partial charge on any atom is 0.139 e. The number of nitrogens with two attached hydrogens (primary N) is 1. The van der Waals surface area contributed by atoms with Crippen LogP contribution in [0.3, 0.4) is 0 Å². The molecule has 2 aromatic rings. The predicted molar refractivity (Wildman–Crippen MR) is 53.7 cm³/mol. The van der Waals surface area contributed by atoms with Gasteiger partial charge in [-0.25, -0.2) is 0 Å². The van der Waals surface area contributed by atoms with Crippen LogP contribution < -0.4 is 5.73 Å². The van der Waals surface area contributed by atoms with Crippen molar-refractivity contribution in [2.24, 2.45) is 0 Å². The number of nitrogens with zero attached hydrogens (tertiary/aromatic N) is 1. The van der Waals surface area contributed by atoms with Crippen molar-refractivity contribution in [2.75, 3.05) is 5.73 Å². The fourth-order valence-electron chi connectivity index (χ4n) is 1.59. The first-order valence-corrected chi connectivity index (χ1v) is 4.30. The van der Waals surface area contributed by atoms with E-state index in [0.717, 1.165) is 17.4 Å². The average molecular weight is 414 g/mol. The number of aryl methyl sites for hydroxylation is 1. The fraction of sp³-hybridized carbons (Fsp3) is 0.200. The minimum Gasteiger partial charge on any atom is -0.506 e. The normalized spacial score (nSPS) is 10.1. The zero-order valence-electron chi connectivity index (χ0n) is 7.99. The third-order valence-electron chi connectivity index (χ3n) is 2.28. The quantitative estimate of drug-likeness (QED) is 0.554. The SMILES string of the molecule is CCn1ccc2c(N)ccc(O)c21.[U]. The third kappa shape index (κ3) is 1.65. The molecule has 0 aliphatic rings. The molecule has 1 aromatic heterocycles. The molecule has 14 heavy (non-hydrogen) atoms. The topological polar surface area (TPSA) is 51.2 Å². The van der Waals surface area contributed by atoms with Crippen LogP contribution in [0.1, 0.15) is 6.92 Å². The van der Waals surface area contributed by atoms with E-state index in [1.807, 2.05) is 23.8 Å². The summed E-state index contributed by atoms with van der Waals surface area (Å²) in [5.41, 5.74) is 7.30. The van der Waals surface area contributed by atoms with Crippen LogP contribution in [0.25, 0.3) is 10.9 Å². The van der Waals surface area contributed by atoms with Gasteiger partial charge >= 0.3 is 0 Å². The van der Waals surface area contributed by atoms with E-state index in [9.17, 15) is 5.11 Å². The Balaban J connectivity index is 0.000000980. The molecule has 0 fully saturated rings. The molecule has 0 spiro atoms. The monoisotopic (exact) mass is 414 g/mol. The Morgan fingerprint density at radius 1 is 1.36 bits per heavy atom. The van der Waals surface area contributed by atoms with Crippen LogP contribution >= 0.6 is 0 Å². The summed E-state index contributed by atoms with van der Waals surface area (Å²) in [5.74, 6) is 0.288. The molecule has 0 saturated heterocycles. The van der Waals surface area contributed by atoms with Gasteiger partial charge in [-0.3, -0.25) is 0 Å². The Labute approximate surface area is 106 Å². The number of fused-ring (bicyclic) bond motifs is 1. The van der Waals surface area contributed by atoms with Crippen molar-refractivity contribution >= 4 is 16.6 Å². The Kier molecular flexibility index (Phi) is 3.52. The Morgan fingerprint density at radius 2 is 2.07 bits per heavy atom. The van der Waals surface area contributed by atoms with Crippen molar-refractivity contribution in [3.63, 3.8) is 0 Å². The number of rotatable bonds is 1. The summed E-state index contributed by atoms with van der Waals surface area (Å²) >= 11 is 0. The summed E-state index contributed by atoms with van der Waals surface area (Å²) in [4.78, 5) is 0. The van der Waals surface area contributed by atoms with E-state index < -0.39 is 0 Å². The minimum absolute atomic E-state index is 0. The van der Waals surface area contributed by atoms with Gasteiger partial charge in [0.15, 0.2) is 0 Å². The smallest absolute Gasteiger partial charge is 0.139 e. The van der Waals surface area contributed by atoms with E-state index in [-0.39, 0.29) is 36.9 Å². The molecular formula is C10H12N2OU. The number of aromatic hydroxyl groups is 1. The van der Waals surface area contributed by atoms with Gasteiger partial charge in [0, 0.05) is 54.9 Å². The van der Waals surface area contributed by atoms with Gasteiger partial charge in [-0.15, -0.1) is 0 Å². The van der Waals surface area contributed by atoms with Gasteiger partial charge in [0.2, 0.25) is 0 Å². The van der Waals surface area contributed by atoms with E-state index in [1.165, 1.54) is 0 Å². The molecule has 1 heterocycles. The van der Waals surface area contributed by atoms with Crippen molar-refractivity contribution in [1.82, 2.24) is 4.57 Å². The maximum absolute atomic E-state index is 9.62. The van der Waals surface area contributed by atoms with Crippen LogP contribution in [-0.2, 0) is 6.54 Å². The molecule has 0 bridgehead atoms. The van der Waals surface area contributed by atoms with Crippen molar-refractivity contribution in [3.8, 4) is 5.75 Å². The van der Waals surface area contributed by atoms with E-state index in [1.54, 1.807) is 12.1 Å². The van der Waals surface area contributed by atoms with Gasteiger partial charge in [0.1, 0.15) is 5.75 Å². The number of anilines is 1. The molecule has 0 saturated carbocycles. The van der Waals surface area contributed by atoms with Gasteiger partial charge in [-0.05, 0) is 25.1 Å². The van der Waals surface area contributed by atoms with Gasteiger partial charge in [0.25, 0.3) is 0 Å². The van der Waals surface area contributed by atoms with E-state index in [4.69, 9.17) is 5.73 Å². The summed E-state index contributed by atoms with van der Waals surface area (Å²) in [5, 5.41) is 10.5. The second kappa shape index (κ2) is 4.29. The van der Waals surface area contributed by atoms with Crippen LogP contribution in [-0.4, -0.2) is 9.67 Å². The molecular weight excluding hydrogens is 402 g/mol. The van der Waals surface area contributed by atoms with E-state index in [0.29, 0.717) is 5.69 Å². The predicted octanol–water partition coefficient (Wildman–Crippen LogP) is 1.95. The van der Waals surface area contributed by atoms with Crippen LogP contribution in [0.2, 0.25) is 0 Å². The second-order valence-corrected chi connectivity index (χ2v) is 3.04. The summed E-state index contributed by atoms with van der Waals surface area (Å²) in [6.45, 7) is 2.86. The number of phenolic OH excluding ortho intramolecular Hbond substituents is 1. The summed E-state index contributed by atoms with van der Waals surface area (Å²) < 4.78 is 1.97. The van der Waals surface area contributed by atoms with Crippen molar-refractivity contribution in [2.45, 2.75) is 13.5 Å². The standard InChI is InChI=1S/C10H12N2O.U/c1-2-12-6-5-7-8(11)3-4-9(13)10(7)12;/h3-6,13H,2,11H2,1H3;. The van der Waals surface area contributed by atoms with Gasteiger partial charge < -0.3 is 15.4 Å². The molecule has 72 valence electrons. The van der Waals surface area contributed by atoms with Crippen molar-refractivity contribution in [3.05, 3.63) is 24.4 Å². The molecule has 3 nitrogen and oxygen atoms in total. The second-order valence-electron chi connectivity index (χ2n) is 3.04. The molecule has 3 N–H and O–H groups in total. The van der Waals surface area contributed by atoms with Gasteiger partial charge in [0.05, 0.1) is 5.52 Å². The minimum atomic E-state index is 0. The Hall–Kier alpha value is -0.588. The number of benzene rings is 1. The first-order chi connectivity index (χ1) is 6.24. The zero-order chi connectivity index (χ0) is 9.42. The summed E-state index contributed by atoms with van der Waals surface area (Å²) in [6, 6.07) is 5.27. The van der Waals surface area contributed by atoms with Crippen molar-refractivity contribution in [1.29, 1.82) is 0 Å². The largest absolute Gasteiger partial charge is 0.506 e. The first kappa shape index (κ1) is 11.5. The molecule has 2 rings (SSSR count). The molecule has 1 aromatic carbocycles. The van der Waals surface area contributed by atoms with Crippen LogP contribution in [0.4, 0.5) is 5.69 Å². The van der Waals surface area contributed by atoms with Crippen molar-refractivity contribution < 1.29 is 36.2 Å². The molecule has 0 atom stereocenters. The third-order valence-corrected chi connectivity index (χ3v) is 2.28. The van der Waals surface area contributed by atoms with Gasteiger partial charge in [-0.2, -0.15) is 0 Å². The van der Waals surface area contributed by atoms with E-state index in [2.05, 4.69) is 0 Å². The molecule has 0 amide bonds. The number of phenols is 1. The summed E-state index contributed by atoms with van der Waals surface area (Å²) in [6.07, 6.45) is 1.93. The zero-order valence-corrected chi connectivity index (χ0v) is 12.2. The van der Waals surface area contributed by atoms with Gasteiger partial charge in [-0.1, -0.05) is 0 Å².